The van der Waals surface area contributed by atoms with Crippen LogP contribution in [0.15, 0.2) is 42.7 Å². The first-order chi connectivity index (χ1) is 16.8. The third-order valence-corrected chi connectivity index (χ3v) is 5.78. The summed E-state index contributed by atoms with van der Waals surface area (Å²) in [6.07, 6.45) is 8.00. The monoisotopic (exact) mass is 460 g/mol. The average molecular weight is 461 g/mol. The van der Waals surface area contributed by atoms with E-state index >= 15 is 0 Å². The summed E-state index contributed by atoms with van der Waals surface area (Å²) in [6.45, 7) is 7.76. The number of fused-ring (bicyclic) bond motifs is 1. The fraction of sp³-hybridized carbons (Fsp3) is 0.385. The molecule has 0 atom stereocenters. The van der Waals surface area contributed by atoms with Gasteiger partial charge in [0.05, 0.1) is 19.2 Å². The predicted octanol–water partition coefficient (Wildman–Crippen LogP) is 2.63. The molecule has 1 fully saturated rings. The molecule has 8 nitrogen and oxygen atoms in total. The zero-order valence-electron chi connectivity index (χ0n) is 19.6. The minimum atomic E-state index is 0.597. The standard InChI is InChI=1S/C26H32N6O2/c1-3-20-6-4-7-21(16-20)31-26-22-17-25(24(33-2)18-23(22)29-19-30-26)34-15-5-12-32-13-10-27-8-9-28-11-14-32/h1,4,6-7,16-19,27-28H,5,8-15H2,2H3,(H,29,30,31). The summed E-state index contributed by atoms with van der Waals surface area (Å²) in [5.74, 6) is 4.67. The Balaban J connectivity index is 1.45. The second-order valence-corrected chi connectivity index (χ2v) is 8.14. The Hall–Kier alpha value is -3.38. The van der Waals surface area contributed by atoms with E-state index in [9.17, 15) is 0 Å². The van der Waals surface area contributed by atoms with Crippen molar-refractivity contribution < 1.29 is 9.47 Å². The molecule has 0 aliphatic carbocycles. The number of rotatable bonds is 8. The molecule has 0 unspecified atom stereocenters. The van der Waals surface area contributed by atoms with Crippen molar-refractivity contribution in [3.63, 3.8) is 0 Å². The molecule has 178 valence electrons. The van der Waals surface area contributed by atoms with Gasteiger partial charge in [-0.25, -0.2) is 9.97 Å². The van der Waals surface area contributed by atoms with Crippen LogP contribution in [-0.4, -0.2) is 74.4 Å². The minimum Gasteiger partial charge on any atom is -0.493 e. The summed E-state index contributed by atoms with van der Waals surface area (Å²) in [7, 11) is 1.64. The molecule has 1 aliphatic heterocycles. The summed E-state index contributed by atoms with van der Waals surface area (Å²) < 4.78 is 11.7. The molecule has 1 saturated heterocycles. The third-order valence-electron chi connectivity index (χ3n) is 5.78. The highest BCUT2D eigenvalue weighted by Crippen LogP contribution is 2.34. The highest BCUT2D eigenvalue weighted by atomic mass is 16.5. The zero-order valence-corrected chi connectivity index (χ0v) is 19.6. The van der Waals surface area contributed by atoms with Crippen molar-refractivity contribution in [1.82, 2.24) is 25.5 Å². The number of methoxy groups -OCH3 is 1. The van der Waals surface area contributed by atoms with E-state index < -0.39 is 0 Å². The second-order valence-electron chi connectivity index (χ2n) is 8.14. The maximum Gasteiger partial charge on any atom is 0.162 e. The Morgan fingerprint density at radius 3 is 2.65 bits per heavy atom. The molecule has 4 rings (SSSR count). The SMILES string of the molecule is C#Cc1cccc(Nc2ncnc3cc(OC)c(OCCCN4CCNCCNCC4)cc23)c1. The van der Waals surface area contributed by atoms with Gasteiger partial charge in [0.1, 0.15) is 12.1 Å². The maximum absolute atomic E-state index is 6.16. The molecule has 2 aromatic carbocycles. The van der Waals surface area contributed by atoms with E-state index in [2.05, 4.69) is 36.7 Å². The van der Waals surface area contributed by atoms with E-state index in [1.54, 1.807) is 7.11 Å². The van der Waals surface area contributed by atoms with Gasteiger partial charge in [-0.05, 0) is 30.7 Å². The van der Waals surface area contributed by atoms with Gasteiger partial charge < -0.3 is 30.3 Å². The first-order valence-electron chi connectivity index (χ1n) is 11.7. The fourth-order valence-corrected chi connectivity index (χ4v) is 3.97. The zero-order chi connectivity index (χ0) is 23.6. The maximum atomic E-state index is 6.16. The topological polar surface area (TPSA) is 83.6 Å². The Morgan fingerprint density at radius 2 is 1.88 bits per heavy atom. The Kier molecular flexibility index (Phi) is 8.52. The van der Waals surface area contributed by atoms with Crippen LogP contribution in [0.5, 0.6) is 11.5 Å². The molecule has 0 amide bonds. The number of aromatic nitrogens is 2. The quantitative estimate of drug-likeness (QED) is 0.350. The number of hydrogen-bond acceptors (Lipinski definition) is 8. The number of ether oxygens (including phenoxy) is 2. The van der Waals surface area contributed by atoms with Crippen LogP contribution in [-0.2, 0) is 0 Å². The van der Waals surface area contributed by atoms with Crippen molar-refractivity contribution in [2.45, 2.75) is 6.42 Å². The van der Waals surface area contributed by atoms with E-state index in [0.717, 1.165) is 74.4 Å². The normalized spacial score (nSPS) is 15.1. The molecule has 0 saturated carbocycles. The lowest BCUT2D eigenvalue weighted by Crippen LogP contribution is -2.35. The van der Waals surface area contributed by atoms with E-state index in [4.69, 9.17) is 15.9 Å². The van der Waals surface area contributed by atoms with Gasteiger partial charge in [0.15, 0.2) is 11.5 Å². The lowest BCUT2D eigenvalue weighted by molar-refractivity contribution is 0.233. The number of hydrogen-bond donors (Lipinski definition) is 3. The van der Waals surface area contributed by atoms with Gasteiger partial charge in [-0.2, -0.15) is 0 Å². The number of nitrogens with one attached hydrogen (secondary N) is 3. The van der Waals surface area contributed by atoms with Crippen molar-refractivity contribution >= 4 is 22.4 Å². The highest BCUT2D eigenvalue weighted by molar-refractivity contribution is 5.93. The van der Waals surface area contributed by atoms with Crippen molar-refractivity contribution in [2.75, 3.05) is 64.8 Å². The summed E-state index contributed by atoms with van der Waals surface area (Å²) in [6, 6.07) is 11.5. The Labute approximate surface area is 201 Å². The van der Waals surface area contributed by atoms with Crippen molar-refractivity contribution in [3.8, 4) is 23.8 Å². The molecule has 2 heterocycles. The first kappa shape index (κ1) is 23.8. The summed E-state index contributed by atoms with van der Waals surface area (Å²) in [5, 5.41) is 11.1. The number of anilines is 2. The number of terminal acetylenes is 1. The van der Waals surface area contributed by atoms with Crippen LogP contribution in [0.1, 0.15) is 12.0 Å². The van der Waals surface area contributed by atoms with Gasteiger partial charge in [-0.3, -0.25) is 0 Å². The smallest absolute Gasteiger partial charge is 0.162 e. The average Bonchev–Trinajstić information content (AvgIpc) is 3.00. The lowest BCUT2D eigenvalue weighted by Gasteiger charge is -2.21. The number of benzene rings is 2. The van der Waals surface area contributed by atoms with Gasteiger partial charge in [0, 0.05) is 68.5 Å². The molecular weight excluding hydrogens is 428 g/mol. The van der Waals surface area contributed by atoms with Crippen molar-refractivity contribution in [2.24, 2.45) is 0 Å². The molecule has 34 heavy (non-hydrogen) atoms. The number of nitrogens with zero attached hydrogens (tertiary/aromatic N) is 3. The van der Waals surface area contributed by atoms with E-state index in [-0.39, 0.29) is 0 Å². The van der Waals surface area contributed by atoms with Crippen molar-refractivity contribution in [1.29, 1.82) is 0 Å². The van der Waals surface area contributed by atoms with E-state index in [1.165, 1.54) is 6.33 Å². The van der Waals surface area contributed by atoms with Crippen LogP contribution in [0.2, 0.25) is 0 Å². The Morgan fingerprint density at radius 1 is 1.06 bits per heavy atom. The van der Waals surface area contributed by atoms with Crippen molar-refractivity contribution in [3.05, 3.63) is 48.3 Å². The van der Waals surface area contributed by atoms with Crippen LogP contribution < -0.4 is 25.4 Å². The van der Waals surface area contributed by atoms with Gasteiger partial charge in [-0.1, -0.05) is 12.0 Å². The third kappa shape index (κ3) is 6.35. The van der Waals surface area contributed by atoms with Gasteiger partial charge >= 0.3 is 0 Å². The summed E-state index contributed by atoms with van der Waals surface area (Å²) >= 11 is 0. The van der Waals surface area contributed by atoms with Crippen LogP contribution in [0.3, 0.4) is 0 Å². The Bertz CT molecular complexity index is 1120. The molecule has 0 radical (unpaired) electrons. The lowest BCUT2D eigenvalue weighted by atomic mass is 10.2. The molecule has 3 N–H and O–H groups in total. The fourth-order valence-electron chi connectivity index (χ4n) is 3.97. The minimum absolute atomic E-state index is 0.597. The van der Waals surface area contributed by atoms with E-state index in [1.807, 2.05) is 36.4 Å². The van der Waals surface area contributed by atoms with Gasteiger partial charge in [0.2, 0.25) is 0 Å². The molecule has 0 bridgehead atoms. The highest BCUT2D eigenvalue weighted by Gasteiger charge is 2.13. The van der Waals surface area contributed by atoms with Gasteiger partial charge in [0.25, 0.3) is 0 Å². The van der Waals surface area contributed by atoms with E-state index in [0.29, 0.717) is 23.9 Å². The largest absolute Gasteiger partial charge is 0.493 e. The molecule has 3 aromatic rings. The predicted molar refractivity (Wildman–Crippen MR) is 136 cm³/mol. The molecule has 1 aliphatic rings. The molecule has 0 spiro atoms. The van der Waals surface area contributed by atoms with Crippen LogP contribution >= 0.6 is 0 Å². The van der Waals surface area contributed by atoms with Crippen LogP contribution in [0, 0.1) is 12.3 Å². The first-order valence-corrected chi connectivity index (χ1v) is 11.7. The molecule has 1 aromatic heterocycles. The summed E-state index contributed by atoms with van der Waals surface area (Å²) in [4.78, 5) is 11.3. The molecular formula is C26H32N6O2. The summed E-state index contributed by atoms with van der Waals surface area (Å²) in [5.41, 5.74) is 2.43. The van der Waals surface area contributed by atoms with Crippen LogP contribution in [0.25, 0.3) is 10.9 Å². The second kappa shape index (κ2) is 12.2. The van der Waals surface area contributed by atoms with Gasteiger partial charge in [-0.15, -0.1) is 6.42 Å². The molecule has 8 heteroatoms. The van der Waals surface area contributed by atoms with Crippen LogP contribution in [0.4, 0.5) is 11.5 Å².